The summed E-state index contributed by atoms with van der Waals surface area (Å²) in [5, 5.41) is 3.12. The van der Waals surface area contributed by atoms with Gasteiger partial charge < -0.3 is 0 Å². The van der Waals surface area contributed by atoms with Crippen molar-refractivity contribution in [1.29, 1.82) is 0 Å². The average molecular weight is 354 g/mol. The minimum atomic E-state index is -0.796. The van der Waals surface area contributed by atoms with Crippen molar-refractivity contribution in [2.24, 2.45) is 0 Å². The Balaban J connectivity index is 2.53. The van der Waals surface area contributed by atoms with E-state index in [0.717, 1.165) is 0 Å². The van der Waals surface area contributed by atoms with Gasteiger partial charge in [0, 0.05) is 4.47 Å². The number of anilines is 1. The second-order valence-corrected chi connectivity index (χ2v) is 6.35. The summed E-state index contributed by atoms with van der Waals surface area (Å²) in [6, 6.07) is 2.80. The lowest BCUT2D eigenvalue weighted by atomic mass is 10.1. The van der Waals surface area contributed by atoms with Crippen LogP contribution in [0.2, 0.25) is 5.02 Å². The molecule has 1 saturated heterocycles. The van der Waals surface area contributed by atoms with E-state index in [-0.39, 0.29) is 16.6 Å². The van der Waals surface area contributed by atoms with Gasteiger partial charge in [0.2, 0.25) is 5.91 Å². The first-order valence-electron chi connectivity index (χ1n) is 5.18. The molecule has 0 aliphatic carbocycles. The molecule has 3 nitrogen and oxygen atoms in total. The summed E-state index contributed by atoms with van der Waals surface area (Å²) in [5.41, 5.74) is -1.36. The zero-order valence-corrected chi connectivity index (χ0v) is 12.9. The Morgan fingerprint density at radius 3 is 2.61 bits per heavy atom. The van der Waals surface area contributed by atoms with Crippen LogP contribution in [0.5, 0.6) is 0 Å². The fraction of sp³-hybridized carbons (Fsp3) is 0.364. The largest absolute Gasteiger partial charge is 0.281 e. The highest BCUT2D eigenvalue weighted by molar-refractivity contribution is 9.10. The first kappa shape index (κ1) is 14.1. The summed E-state index contributed by atoms with van der Waals surface area (Å²) >= 11 is 13.4. The predicted octanol–water partition coefficient (Wildman–Crippen LogP) is 3.17. The number of carbonyl (C=O) groups excluding carboxylic acids is 1. The van der Waals surface area contributed by atoms with E-state index in [2.05, 4.69) is 33.9 Å². The van der Waals surface area contributed by atoms with E-state index in [0.29, 0.717) is 4.47 Å². The van der Waals surface area contributed by atoms with Gasteiger partial charge in [-0.15, -0.1) is 12.6 Å². The maximum absolute atomic E-state index is 14.0. The molecule has 98 valence electrons. The third kappa shape index (κ3) is 2.27. The number of amides is 1. The fourth-order valence-corrected chi connectivity index (χ4v) is 3.25. The van der Waals surface area contributed by atoms with Crippen LogP contribution in [0.15, 0.2) is 16.6 Å². The van der Waals surface area contributed by atoms with Crippen molar-refractivity contribution in [1.82, 2.24) is 5.32 Å². The third-order valence-electron chi connectivity index (χ3n) is 2.71. The SMILES string of the molecule is CC1(C)NC(S)N(c2c(F)cc(Br)cc2Cl)C1=O. The Hall–Kier alpha value is -0.300. The zero-order chi connectivity index (χ0) is 13.7. The highest BCUT2D eigenvalue weighted by Crippen LogP contribution is 2.37. The van der Waals surface area contributed by atoms with Gasteiger partial charge in [-0.2, -0.15) is 0 Å². The van der Waals surface area contributed by atoms with Crippen LogP contribution >= 0.6 is 40.2 Å². The van der Waals surface area contributed by atoms with Crippen LogP contribution in [0.3, 0.4) is 0 Å². The molecule has 1 aliphatic heterocycles. The predicted molar refractivity (Wildman–Crippen MR) is 76.6 cm³/mol. The van der Waals surface area contributed by atoms with Crippen LogP contribution in [0.1, 0.15) is 13.8 Å². The first-order chi connectivity index (χ1) is 8.24. The van der Waals surface area contributed by atoms with Crippen LogP contribution in [0, 0.1) is 5.82 Å². The Morgan fingerprint density at radius 2 is 2.17 bits per heavy atom. The quantitative estimate of drug-likeness (QED) is 0.760. The number of halogens is 3. The highest BCUT2D eigenvalue weighted by atomic mass is 79.9. The van der Waals surface area contributed by atoms with E-state index in [1.807, 2.05) is 0 Å². The molecule has 1 fully saturated rings. The van der Waals surface area contributed by atoms with E-state index in [1.165, 1.54) is 11.0 Å². The second kappa shape index (κ2) is 4.67. The van der Waals surface area contributed by atoms with Crippen molar-refractivity contribution < 1.29 is 9.18 Å². The first-order valence-corrected chi connectivity index (χ1v) is 6.87. The maximum atomic E-state index is 14.0. The number of hydrogen-bond acceptors (Lipinski definition) is 3. The van der Waals surface area contributed by atoms with Gasteiger partial charge in [0.1, 0.15) is 17.0 Å². The number of rotatable bonds is 1. The Kier molecular flexibility index (Phi) is 3.66. The Morgan fingerprint density at radius 1 is 1.56 bits per heavy atom. The summed E-state index contributed by atoms with van der Waals surface area (Å²) in [6.45, 7) is 3.42. The lowest BCUT2D eigenvalue weighted by Crippen LogP contribution is -2.40. The van der Waals surface area contributed by atoms with Gasteiger partial charge in [-0.05, 0) is 26.0 Å². The molecule has 0 spiro atoms. The van der Waals surface area contributed by atoms with Crippen molar-refractivity contribution in [3.05, 3.63) is 27.4 Å². The van der Waals surface area contributed by atoms with Crippen LogP contribution < -0.4 is 10.2 Å². The van der Waals surface area contributed by atoms with Crippen LogP contribution in [-0.2, 0) is 4.79 Å². The fourth-order valence-electron chi connectivity index (χ4n) is 1.85. The normalized spacial score (nSPS) is 22.7. The lowest BCUT2D eigenvalue weighted by Gasteiger charge is -2.22. The smallest absolute Gasteiger partial charge is 0.248 e. The lowest BCUT2D eigenvalue weighted by molar-refractivity contribution is -0.121. The highest BCUT2D eigenvalue weighted by Gasteiger charge is 2.45. The van der Waals surface area contributed by atoms with Gasteiger partial charge in [-0.25, -0.2) is 4.39 Å². The van der Waals surface area contributed by atoms with Crippen LogP contribution in [-0.4, -0.2) is 16.9 Å². The third-order valence-corrected chi connectivity index (χ3v) is 3.82. The number of benzene rings is 1. The maximum Gasteiger partial charge on any atom is 0.248 e. The number of thiol groups is 1. The minimum Gasteiger partial charge on any atom is -0.281 e. The van der Waals surface area contributed by atoms with E-state index in [4.69, 9.17) is 11.6 Å². The molecule has 1 aromatic rings. The standard InChI is InChI=1S/C11H11BrClFN2OS/c1-11(2)9(17)16(10(18)15-11)8-6(13)3-5(12)4-7(8)14/h3-4,10,15,18H,1-2H3. The zero-order valence-electron chi connectivity index (χ0n) is 9.67. The molecule has 1 unspecified atom stereocenters. The van der Waals surface area contributed by atoms with Gasteiger partial charge in [-0.3, -0.25) is 15.0 Å². The van der Waals surface area contributed by atoms with Gasteiger partial charge in [0.25, 0.3) is 0 Å². The molecule has 0 radical (unpaired) electrons. The molecule has 0 bridgehead atoms. The molecule has 1 N–H and O–H groups in total. The summed E-state index contributed by atoms with van der Waals surface area (Å²) in [7, 11) is 0. The van der Waals surface area contributed by atoms with Crippen LogP contribution in [0.25, 0.3) is 0 Å². The van der Waals surface area contributed by atoms with Crippen molar-refractivity contribution in [3.8, 4) is 0 Å². The molecule has 2 rings (SSSR count). The van der Waals surface area contributed by atoms with Crippen molar-refractivity contribution in [2.45, 2.75) is 24.9 Å². The summed E-state index contributed by atoms with van der Waals surface area (Å²) in [5.74, 6) is -0.841. The van der Waals surface area contributed by atoms with E-state index >= 15 is 0 Å². The van der Waals surface area contributed by atoms with E-state index < -0.39 is 16.9 Å². The van der Waals surface area contributed by atoms with E-state index in [9.17, 15) is 9.18 Å². The monoisotopic (exact) mass is 352 g/mol. The minimum absolute atomic E-state index is 0.0444. The molecule has 0 saturated carbocycles. The Labute approximate surface area is 123 Å². The summed E-state index contributed by atoms with van der Waals surface area (Å²) in [4.78, 5) is 13.4. The van der Waals surface area contributed by atoms with Gasteiger partial charge in [0.15, 0.2) is 0 Å². The van der Waals surface area contributed by atoms with Gasteiger partial charge in [0.05, 0.1) is 10.6 Å². The molecule has 1 aliphatic rings. The second-order valence-electron chi connectivity index (χ2n) is 4.54. The van der Waals surface area contributed by atoms with Crippen molar-refractivity contribution in [2.75, 3.05) is 4.90 Å². The Bertz CT molecular complexity index is 503. The molecular weight excluding hydrogens is 343 g/mol. The number of nitrogens with zero attached hydrogens (tertiary/aromatic N) is 1. The van der Waals surface area contributed by atoms with E-state index in [1.54, 1.807) is 19.9 Å². The van der Waals surface area contributed by atoms with Crippen molar-refractivity contribution >= 4 is 51.8 Å². The molecule has 1 atom stereocenters. The molecular formula is C11H11BrClFN2OS. The van der Waals surface area contributed by atoms with Gasteiger partial charge >= 0.3 is 0 Å². The molecule has 7 heteroatoms. The summed E-state index contributed by atoms with van der Waals surface area (Å²) in [6.07, 6.45) is 0. The number of nitrogens with one attached hydrogen (secondary N) is 1. The molecule has 18 heavy (non-hydrogen) atoms. The molecule has 0 aromatic heterocycles. The van der Waals surface area contributed by atoms with Crippen LogP contribution in [0.4, 0.5) is 10.1 Å². The molecule has 1 amide bonds. The number of hydrogen-bond donors (Lipinski definition) is 2. The van der Waals surface area contributed by atoms with Gasteiger partial charge in [-0.1, -0.05) is 27.5 Å². The molecule has 1 aromatic carbocycles. The van der Waals surface area contributed by atoms with Crippen molar-refractivity contribution in [3.63, 3.8) is 0 Å². The summed E-state index contributed by atoms with van der Waals surface area (Å²) < 4.78 is 14.5. The topological polar surface area (TPSA) is 32.3 Å². The number of carbonyl (C=O) groups is 1. The average Bonchev–Trinajstić information content (AvgIpc) is 2.38. The molecule has 1 heterocycles.